The van der Waals surface area contributed by atoms with Crippen LogP contribution in [0.25, 0.3) is 11.1 Å². The van der Waals surface area contributed by atoms with E-state index in [0.717, 1.165) is 16.8 Å². The zero-order valence-corrected chi connectivity index (χ0v) is 13.9. The van der Waals surface area contributed by atoms with Crippen molar-refractivity contribution in [2.45, 2.75) is 6.42 Å². The first kappa shape index (κ1) is 16.0. The predicted molar refractivity (Wildman–Crippen MR) is 92.0 cm³/mol. The molecule has 6 heteroatoms. The smallest absolute Gasteiger partial charge is 0.232 e. The first-order chi connectivity index (χ1) is 10.9. The molecule has 23 heavy (non-hydrogen) atoms. The lowest BCUT2D eigenvalue weighted by atomic mass is 10.1. The van der Waals surface area contributed by atoms with Gasteiger partial charge in [0.2, 0.25) is 15.0 Å². The van der Waals surface area contributed by atoms with Crippen molar-refractivity contribution in [1.82, 2.24) is 0 Å². The Hall–Kier alpha value is -1.85. The SMILES string of the molecule is O=C1CC(CS(=O)(=O)Cl)CN1c1ccc(-c2ccccc2)cc1. The summed E-state index contributed by atoms with van der Waals surface area (Å²) in [5.41, 5.74) is 2.96. The van der Waals surface area contributed by atoms with E-state index < -0.39 is 9.05 Å². The molecular formula is C17H16ClNO3S. The summed E-state index contributed by atoms with van der Waals surface area (Å²) in [4.78, 5) is 13.7. The van der Waals surface area contributed by atoms with Crippen molar-refractivity contribution in [2.24, 2.45) is 5.92 Å². The molecule has 1 aliphatic rings. The largest absolute Gasteiger partial charge is 0.312 e. The molecule has 1 unspecified atom stereocenters. The highest BCUT2D eigenvalue weighted by molar-refractivity contribution is 8.13. The van der Waals surface area contributed by atoms with Gasteiger partial charge in [0.25, 0.3) is 0 Å². The molecule has 0 N–H and O–H groups in total. The Kier molecular flexibility index (Phi) is 4.41. The molecule has 3 rings (SSSR count). The van der Waals surface area contributed by atoms with Gasteiger partial charge in [-0.1, -0.05) is 42.5 Å². The monoisotopic (exact) mass is 349 g/mol. The zero-order valence-electron chi connectivity index (χ0n) is 12.4. The number of halogens is 1. The number of carbonyl (C=O) groups is 1. The van der Waals surface area contributed by atoms with Crippen LogP contribution in [0.5, 0.6) is 0 Å². The number of anilines is 1. The van der Waals surface area contributed by atoms with Crippen LogP contribution in [0.4, 0.5) is 5.69 Å². The molecule has 0 saturated carbocycles. The Balaban J connectivity index is 1.76. The maximum absolute atomic E-state index is 12.1. The highest BCUT2D eigenvalue weighted by atomic mass is 35.7. The van der Waals surface area contributed by atoms with Crippen LogP contribution in [-0.2, 0) is 13.8 Å². The van der Waals surface area contributed by atoms with Gasteiger partial charge < -0.3 is 4.90 Å². The molecule has 0 spiro atoms. The van der Waals surface area contributed by atoms with Gasteiger partial charge in [-0.25, -0.2) is 8.42 Å². The quantitative estimate of drug-likeness (QED) is 0.796. The summed E-state index contributed by atoms with van der Waals surface area (Å²) in [7, 11) is 1.70. The Morgan fingerprint density at radius 1 is 1.00 bits per heavy atom. The Bertz CT molecular complexity index is 803. The molecular weight excluding hydrogens is 334 g/mol. The average Bonchev–Trinajstić information content (AvgIpc) is 2.87. The number of hydrogen-bond acceptors (Lipinski definition) is 3. The highest BCUT2D eigenvalue weighted by Crippen LogP contribution is 2.28. The van der Waals surface area contributed by atoms with E-state index in [1.165, 1.54) is 0 Å². The van der Waals surface area contributed by atoms with Crippen molar-refractivity contribution in [3.63, 3.8) is 0 Å². The molecule has 2 aromatic carbocycles. The summed E-state index contributed by atoms with van der Waals surface area (Å²) in [6.07, 6.45) is 0.215. The van der Waals surface area contributed by atoms with E-state index in [2.05, 4.69) is 0 Å². The van der Waals surface area contributed by atoms with Gasteiger partial charge >= 0.3 is 0 Å². The molecule has 1 amide bonds. The minimum absolute atomic E-state index is 0.0669. The van der Waals surface area contributed by atoms with E-state index in [1.54, 1.807) is 4.90 Å². The van der Waals surface area contributed by atoms with Crippen molar-refractivity contribution in [3.8, 4) is 11.1 Å². The molecule has 1 heterocycles. The van der Waals surface area contributed by atoms with Crippen LogP contribution in [-0.4, -0.2) is 26.6 Å². The van der Waals surface area contributed by atoms with E-state index in [-0.39, 0.29) is 24.0 Å². The Morgan fingerprint density at radius 2 is 1.61 bits per heavy atom. The van der Waals surface area contributed by atoms with E-state index in [9.17, 15) is 13.2 Å². The Labute approximate surface area is 140 Å². The second-order valence-corrected chi connectivity index (χ2v) is 8.51. The lowest BCUT2D eigenvalue weighted by molar-refractivity contribution is -0.117. The van der Waals surface area contributed by atoms with Crippen LogP contribution in [0.1, 0.15) is 6.42 Å². The fourth-order valence-corrected chi connectivity index (χ4v) is 4.21. The van der Waals surface area contributed by atoms with Gasteiger partial charge in [0.1, 0.15) is 0 Å². The third-order valence-electron chi connectivity index (χ3n) is 3.93. The van der Waals surface area contributed by atoms with E-state index >= 15 is 0 Å². The van der Waals surface area contributed by atoms with Crippen LogP contribution in [0.3, 0.4) is 0 Å². The number of hydrogen-bond donors (Lipinski definition) is 0. The van der Waals surface area contributed by atoms with Gasteiger partial charge in [-0.15, -0.1) is 0 Å². The standard InChI is InChI=1S/C17H16ClNO3S/c18-23(21,22)12-13-10-17(20)19(11-13)16-8-6-15(7-9-16)14-4-2-1-3-5-14/h1-9,13H,10-12H2. The van der Waals surface area contributed by atoms with Gasteiger partial charge in [-0.3, -0.25) is 4.79 Å². The average molecular weight is 350 g/mol. The molecule has 120 valence electrons. The molecule has 1 aliphatic heterocycles. The molecule has 1 saturated heterocycles. The number of carbonyl (C=O) groups excluding carboxylic acids is 1. The number of nitrogens with zero attached hydrogens (tertiary/aromatic N) is 1. The molecule has 4 nitrogen and oxygen atoms in total. The van der Waals surface area contributed by atoms with Crippen molar-refractivity contribution >= 4 is 31.3 Å². The van der Waals surface area contributed by atoms with Crippen LogP contribution < -0.4 is 4.90 Å². The maximum atomic E-state index is 12.1. The van der Waals surface area contributed by atoms with Gasteiger partial charge in [0, 0.05) is 35.3 Å². The fourth-order valence-electron chi connectivity index (χ4n) is 2.89. The van der Waals surface area contributed by atoms with Crippen LogP contribution in [0, 0.1) is 5.92 Å². The van der Waals surface area contributed by atoms with E-state index in [0.29, 0.717) is 6.54 Å². The lowest BCUT2D eigenvalue weighted by Crippen LogP contribution is -2.25. The molecule has 0 bridgehead atoms. The summed E-state index contributed by atoms with van der Waals surface area (Å²) in [6.45, 7) is 0.384. The summed E-state index contributed by atoms with van der Waals surface area (Å²) in [5.74, 6) is -0.486. The van der Waals surface area contributed by atoms with Crippen molar-refractivity contribution in [3.05, 3.63) is 54.6 Å². The third kappa shape index (κ3) is 3.92. The van der Waals surface area contributed by atoms with Crippen molar-refractivity contribution in [1.29, 1.82) is 0 Å². The fraction of sp³-hybridized carbons (Fsp3) is 0.235. The molecule has 1 fully saturated rings. The summed E-state index contributed by atoms with van der Waals surface area (Å²) in [5, 5.41) is 0. The third-order valence-corrected chi connectivity index (χ3v) is 5.17. The van der Waals surface area contributed by atoms with E-state index in [1.807, 2.05) is 54.6 Å². The molecule has 1 atom stereocenters. The van der Waals surface area contributed by atoms with Gasteiger partial charge in [0.15, 0.2) is 0 Å². The molecule has 0 aromatic heterocycles. The first-order valence-electron chi connectivity index (χ1n) is 7.30. The second-order valence-electron chi connectivity index (χ2n) is 5.69. The Morgan fingerprint density at radius 3 is 2.22 bits per heavy atom. The molecule has 0 radical (unpaired) electrons. The number of benzene rings is 2. The van der Waals surface area contributed by atoms with Gasteiger partial charge in [0.05, 0.1) is 5.75 Å². The molecule has 2 aromatic rings. The summed E-state index contributed by atoms with van der Waals surface area (Å²) >= 11 is 0. The molecule has 0 aliphatic carbocycles. The first-order valence-corrected chi connectivity index (χ1v) is 9.78. The van der Waals surface area contributed by atoms with Gasteiger partial charge in [-0.2, -0.15) is 0 Å². The zero-order chi connectivity index (χ0) is 16.4. The topological polar surface area (TPSA) is 54.5 Å². The number of amides is 1. The van der Waals surface area contributed by atoms with Gasteiger partial charge in [-0.05, 0) is 23.3 Å². The normalized spacial score (nSPS) is 18.4. The van der Waals surface area contributed by atoms with Crippen molar-refractivity contribution < 1.29 is 13.2 Å². The summed E-state index contributed by atoms with van der Waals surface area (Å²) < 4.78 is 22.3. The summed E-state index contributed by atoms with van der Waals surface area (Å²) in [6, 6.07) is 17.7. The highest BCUT2D eigenvalue weighted by Gasteiger charge is 2.33. The second kappa shape index (κ2) is 6.34. The minimum atomic E-state index is -3.59. The van der Waals surface area contributed by atoms with E-state index in [4.69, 9.17) is 10.7 Å². The minimum Gasteiger partial charge on any atom is -0.312 e. The maximum Gasteiger partial charge on any atom is 0.232 e. The van der Waals surface area contributed by atoms with Crippen LogP contribution in [0.15, 0.2) is 54.6 Å². The van der Waals surface area contributed by atoms with Crippen LogP contribution >= 0.6 is 10.7 Å². The van der Waals surface area contributed by atoms with Crippen LogP contribution in [0.2, 0.25) is 0 Å². The number of rotatable bonds is 4. The lowest BCUT2D eigenvalue weighted by Gasteiger charge is -2.17. The predicted octanol–water partition coefficient (Wildman–Crippen LogP) is 3.28. The van der Waals surface area contributed by atoms with Crippen molar-refractivity contribution in [2.75, 3.05) is 17.2 Å².